The summed E-state index contributed by atoms with van der Waals surface area (Å²) in [5.41, 5.74) is -2.42. The first-order valence-electron chi connectivity index (χ1n) is 13.1. The van der Waals surface area contributed by atoms with Crippen LogP contribution in [0, 0.1) is 22.7 Å². The van der Waals surface area contributed by atoms with Gasteiger partial charge >= 0.3 is 0 Å². The van der Waals surface area contributed by atoms with Gasteiger partial charge in [0.25, 0.3) is 0 Å². The van der Waals surface area contributed by atoms with Crippen LogP contribution in [0.3, 0.4) is 0 Å². The summed E-state index contributed by atoms with van der Waals surface area (Å²) in [5, 5.41) is 74.9. The number of aliphatic hydroxyl groups excluding tert-OH is 6. The zero-order chi connectivity index (χ0) is 26.5. The Morgan fingerprint density at radius 1 is 1.14 bits per heavy atom. The van der Waals surface area contributed by atoms with Crippen LogP contribution in [-0.4, -0.2) is 103 Å². The quantitative estimate of drug-likeness (QED) is 0.257. The van der Waals surface area contributed by atoms with Gasteiger partial charge in [0, 0.05) is 17.4 Å². The summed E-state index contributed by atoms with van der Waals surface area (Å²) < 4.78 is 16.6. The van der Waals surface area contributed by atoms with E-state index in [9.17, 15) is 40.5 Å². The Morgan fingerprint density at radius 3 is 2.62 bits per heavy atom. The highest BCUT2D eigenvalue weighted by Gasteiger charge is 2.73. The van der Waals surface area contributed by atoms with Crippen molar-refractivity contribution < 1.29 is 54.4 Å². The SMILES string of the molecule is C[C@@]12CC(=O)c3occc3[C@H]1CC[C@@]13C[C@@H](C[C@H](O)[C@@H]21)[C@@](O)(CO[C@@H]1O[C@H](CO)[C@@H](O)[C@H](O)[C@H]1O)[C@@H]3O. The van der Waals surface area contributed by atoms with Gasteiger partial charge in [-0.15, -0.1) is 0 Å². The first-order chi connectivity index (χ1) is 17.5. The predicted octanol–water partition coefficient (Wildman–Crippen LogP) is -0.955. The highest BCUT2D eigenvalue weighted by Crippen LogP contribution is 2.72. The van der Waals surface area contributed by atoms with E-state index in [1.807, 2.05) is 13.0 Å². The molecule has 1 saturated heterocycles. The molecule has 1 spiro atoms. The third-order valence-electron chi connectivity index (χ3n) is 10.5. The number of hydrogen-bond donors (Lipinski definition) is 7. The average molecular weight is 525 g/mol. The number of carbonyl (C=O) groups excluding carboxylic acids is 1. The molecule has 1 aliphatic heterocycles. The van der Waals surface area contributed by atoms with Gasteiger partial charge in [0.15, 0.2) is 17.8 Å². The van der Waals surface area contributed by atoms with E-state index in [1.54, 1.807) is 0 Å². The number of fused-ring (bicyclic) bond motifs is 5. The van der Waals surface area contributed by atoms with Crippen LogP contribution in [0.25, 0.3) is 0 Å². The molecule has 3 saturated carbocycles. The van der Waals surface area contributed by atoms with E-state index in [-0.39, 0.29) is 24.5 Å². The van der Waals surface area contributed by atoms with E-state index >= 15 is 0 Å². The predicted molar refractivity (Wildman–Crippen MR) is 123 cm³/mol. The molecule has 2 heterocycles. The first-order valence-corrected chi connectivity index (χ1v) is 13.1. The molecule has 0 aromatic carbocycles. The van der Waals surface area contributed by atoms with Crippen LogP contribution < -0.4 is 0 Å². The summed E-state index contributed by atoms with van der Waals surface area (Å²) in [6.45, 7) is 0.928. The normalized spacial score (nSPS) is 52.9. The lowest BCUT2D eigenvalue weighted by molar-refractivity contribution is -0.313. The molecule has 1 aromatic rings. The monoisotopic (exact) mass is 524 g/mol. The van der Waals surface area contributed by atoms with Crippen molar-refractivity contribution in [2.45, 2.75) is 93.5 Å². The number of hydrogen-bond acceptors (Lipinski definition) is 11. The third-order valence-corrected chi connectivity index (χ3v) is 10.5. The van der Waals surface area contributed by atoms with Gasteiger partial charge in [-0.25, -0.2) is 0 Å². The van der Waals surface area contributed by atoms with Crippen LogP contribution in [0.1, 0.15) is 61.1 Å². The molecule has 2 bridgehead atoms. The molecule has 6 rings (SSSR count). The van der Waals surface area contributed by atoms with E-state index < -0.39 is 84.4 Å². The summed E-state index contributed by atoms with van der Waals surface area (Å²) in [4.78, 5) is 13.0. The zero-order valence-electron chi connectivity index (χ0n) is 20.6. The lowest BCUT2D eigenvalue weighted by Crippen LogP contribution is -2.61. The smallest absolute Gasteiger partial charge is 0.198 e. The van der Waals surface area contributed by atoms with Gasteiger partial charge in [-0.05, 0) is 54.9 Å². The Morgan fingerprint density at radius 2 is 1.89 bits per heavy atom. The number of aliphatic hydroxyl groups is 7. The van der Waals surface area contributed by atoms with Gasteiger partial charge in [-0.3, -0.25) is 4.79 Å². The van der Waals surface area contributed by atoms with Crippen LogP contribution in [0.5, 0.6) is 0 Å². The minimum absolute atomic E-state index is 0.0213. The maximum atomic E-state index is 13.0. The number of ketones is 1. The van der Waals surface area contributed by atoms with E-state index in [1.165, 1.54) is 6.26 Å². The Labute approximate surface area is 213 Å². The van der Waals surface area contributed by atoms with E-state index in [2.05, 4.69) is 0 Å². The van der Waals surface area contributed by atoms with Gasteiger partial charge in [-0.2, -0.15) is 0 Å². The molecule has 206 valence electrons. The van der Waals surface area contributed by atoms with Crippen molar-refractivity contribution in [3.05, 3.63) is 23.7 Å². The number of furan rings is 1. The van der Waals surface area contributed by atoms with Crippen LogP contribution >= 0.6 is 0 Å². The molecular weight excluding hydrogens is 488 g/mol. The number of Topliss-reactive ketones (excluding diaryl/α,β-unsaturated/α-hetero) is 1. The first kappa shape index (κ1) is 25.8. The minimum atomic E-state index is -1.78. The maximum absolute atomic E-state index is 13.0. The summed E-state index contributed by atoms with van der Waals surface area (Å²) in [7, 11) is 0. The van der Waals surface area contributed by atoms with Crippen molar-refractivity contribution in [2.24, 2.45) is 22.7 Å². The topological polar surface area (TPSA) is 190 Å². The summed E-state index contributed by atoms with van der Waals surface area (Å²) >= 11 is 0. The summed E-state index contributed by atoms with van der Waals surface area (Å²) in [6.07, 6.45) is -6.02. The summed E-state index contributed by atoms with van der Waals surface area (Å²) in [5.74, 6) is -0.732. The maximum Gasteiger partial charge on any atom is 0.198 e. The fourth-order valence-corrected chi connectivity index (χ4v) is 8.92. The lowest BCUT2D eigenvalue weighted by atomic mass is 9.43. The Bertz CT molecular complexity index is 1060. The van der Waals surface area contributed by atoms with Crippen LogP contribution in [0.15, 0.2) is 16.7 Å². The second-order valence-electron chi connectivity index (χ2n) is 12.2. The van der Waals surface area contributed by atoms with E-state index in [0.29, 0.717) is 25.0 Å². The van der Waals surface area contributed by atoms with Gasteiger partial charge in [0.1, 0.15) is 30.0 Å². The van der Waals surface area contributed by atoms with Gasteiger partial charge in [0.2, 0.25) is 0 Å². The molecule has 13 atom stereocenters. The molecule has 11 nitrogen and oxygen atoms in total. The Balaban J connectivity index is 1.28. The minimum Gasteiger partial charge on any atom is -0.461 e. The van der Waals surface area contributed by atoms with Crippen molar-refractivity contribution in [3.8, 4) is 0 Å². The molecule has 0 amide bonds. The van der Waals surface area contributed by atoms with E-state index in [4.69, 9.17) is 13.9 Å². The van der Waals surface area contributed by atoms with Crippen molar-refractivity contribution in [3.63, 3.8) is 0 Å². The molecular formula is C26H36O11. The molecule has 4 aliphatic carbocycles. The molecule has 37 heavy (non-hydrogen) atoms. The molecule has 7 N–H and O–H groups in total. The molecule has 0 radical (unpaired) electrons. The van der Waals surface area contributed by atoms with Crippen LogP contribution in [0.2, 0.25) is 0 Å². The standard InChI is InChI=1S/C26H36O11/c1-24-8-15(29)20-12(3-5-35-20)13(24)2-4-25-7-11(6-14(28)21(24)25)26(34,23(25)33)10-36-22-19(32)18(31)17(30)16(9-27)37-22/h3,5,11,13-14,16-19,21-23,27-28,30-34H,2,4,6-10H2,1H3/t11-,13-,14+,16-,17-,18+,19-,21+,22-,23-,24-,25-,26+/m1/s1. The Kier molecular flexibility index (Phi) is 5.97. The van der Waals surface area contributed by atoms with Gasteiger partial charge < -0.3 is 49.6 Å². The van der Waals surface area contributed by atoms with E-state index in [0.717, 1.165) is 5.56 Å². The van der Waals surface area contributed by atoms with Crippen LogP contribution in [-0.2, 0) is 9.47 Å². The number of carbonyl (C=O) groups is 1. The van der Waals surface area contributed by atoms with Crippen molar-refractivity contribution in [2.75, 3.05) is 13.2 Å². The summed E-state index contributed by atoms with van der Waals surface area (Å²) in [6, 6.07) is 1.82. The Hall–Kier alpha value is -1.41. The number of rotatable bonds is 4. The number of ether oxygens (including phenoxy) is 2. The van der Waals surface area contributed by atoms with Crippen molar-refractivity contribution in [1.29, 1.82) is 0 Å². The fraction of sp³-hybridized carbons (Fsp3) is 0.808. The third kappa shape index (κ3) is 3.36. The molecule has 0 unspecified atom stereocenters. The fourth-order valence-electron chi connectivity index (χ4n) is 8.92. The lowest BCUT2D eigenvalue weighted by Gasteiger charge is -2.61. The second kappa shape index (κ2) is 8.54. The molecule has 11 heteroatoms. The average Bonchev–Trinajstić information content (AvgIpc) is 3.40. The molecule has 4 fully saturated rings. The zero-order valence-corrected chi connectivity index (χ0v) is 20.6. The van der Waals surface area contributed by atoms with Gasteiger partial charge in [-0.1, -0.05) is 6.92 Å². The highest BCUT2D eigenvalue weighted by molar-refractivity contribution is 5.97. The van der Waals surface area contributed by atoms with Crippen LogP contribution in [0.4, 0.5) is 0 Å². The molecule has 5 aliphatic rings. The highest BCUT2D eigenvalue weighted by atomic mass is 16.7. The van der Waals surface area contributed by atoms with Crippen molar-refractivity contribution in [1.82, 2.24) is 0 Å². The second-order valence-corrected chi connectivity index (χ2v) is 12.2. The largest absolute Gasteiger partial charge is 0.461 e. The molecule has 1 aromatic heterocycles. The van der Waals surface area contributed by atoms with Gasteiger partial charge in [0.05, 0.1) is 31.7 Å². The van der Waals surface area contributed by atoms with Crippen molar-refractivity contribution >= 4 is 5.78 Å².